The number of nitrogens with one attached hydrogen (secondary N) is 2. The smallest absolute Gasteiger partial charge is 0.231 e. The molecule has 0 fully saturated rings. The molecule has 5 N–H and O–H groups in total. The van der Waals surface area contributed by atoms with Crippen molar-refractivity contribution in [3.8, 4) is 0 Å². The third-order valence-electron chi connectivity index (χ3n) is 2.84. The van der Waals surface area contributed by atoms with Gasteiger partial charge in [0.25, 0.3) is 0 Å². The number of aromatic nitrogens is 3. The maximum absolute atomic E-state index is 9.35. The molecule has 0 saturated carbocycles. The van der Waals surface area contributed by atoms with E-state index in [4.69, 9.17) is 0 Å². The quantitative estimate of drug-likeness (QED) is 0.385. The molecule has 1 heterocycles. The summed E-state index contributed by atoms with van der Waals surface area (Å²) in [6, 6.07) is 0. The highest BCUT2D eigenvalue weighted by Gasteiger charge is 2.29. The second-order valence-electron chi connectivity index (χ2n) is 4.98. The van der Waals surface area contributed by atoms with Gasteiger partial charge in [0.1, 0.15) is 5.54 Å². The van der Waals surface area contributed by atoms with Gasteiger partial charge in [0, 0.05) is 20.6 Å². The van der Waals surface area contributed by atoms with Gasteiger partial charge in [-0.3, -0.25) is 0 Å². The monoisotopic (exact) mass is 300 g/mol. The molecule has 9 heteroatoms. The van der Waals surface area contributed by atoms with Crippen LogP contribution in [0.2, 0.25) is 0 Å². The molecule has 1 aromatic heterocycles. The molecule has 0 amide bonds. The fourth-order valence-electron chi connectivity index (χ4n) is 1.44. The van der Waals surface area contributed by atoms with Crippen LogP contribution in [-0.2, 0) is 0 Å². The van der Waals surface area contributed by atoms with E-state index in [1.54, 1.807) is 19.0 Å². The lowest BCUT2D eigenvalue weighted by Crippen LogP contribution is -2.49. The topological polar surface area (TPSA) is 127 Å². The van der Waals surface area contributed by atoms with Crippen LogP contribution in [-0.4, -0.2) is 76.3 Å². The molecule has 0 unspecified atom stereocenters. The Morgan fingerprint density at radius 3 is 2.05 bits per heavy atom. The summed E-state index contributed by atoms with van der Waals surface area (Å²) >= 11 is 0. The molecule has 0 aromatic carbocycles. The predicted octanol–water partition coefficient (Wildman–Crippen LogP) is -1.11. The van der Waals surface area contributed by atoms with Crippen molar-refractivity contribution in [3.05, 3.63) is 0 Å². The minimum Gasteiger partial charge on any atom is -0.394 e. The lowest BCUT2D eigenvalue weighted by Gasteiger charge is -2.29. The molecule has 1 rings (SSSR count). The first-order valence-corrected chi connectivity index (χ1v) is 6.78. The molecular formula is C12H24N6O3. The highest BCUT2D eigenvalue weighted by molar-refractivity contribution is 5.44. The summed E-state index contributed by atoms with van der Waals surface area (Å²) in [6.45, 7) is 1.36. The Bertz CT molecular complexity index is 431. The van der Waals surface area contributed by atoms with E-state index in [0.717, 1.165) is 6.42 Å². The highest BCUT2D eigenvalue weighted by Crippen LogP contribution is 2.16. The van der Waals surface area contributed by atoms with E-state index in [0.29, 0.717) is 18.4 Å². The first-order chi connectivity index (χ1) is 10.00. The summed E-state index contributed by atoms with van der Waals surface area (Å²) in [7, 11) is 3.58. The Labute approximate surface area is 124 Å². The summed E-state index contributed by atoms with van der Waals surface area (Å²) in [5, 5.41) is 33.9. The lowest BCUT2D eigenvalue weighted by atomic mass is 10.0. The minimum absolute atomic E-state index is 0.171. The van der Waals surface area contributed by atoms with E-state index in [2.05, 4.69) is 25.6 Å². The second-order valence-corrected chi connectivity index (χ2v) is 4.98. The molecule has 0 aliphatic carbocycles. The average Bonchev–Trinajstić information content (AvgIpc) is 2.50. The number of hydrogen-bond donors (Lipinski definition) is 5. The molecule has 0 spiro atoms. The molecular weight excluding hydrogens is 276 g/mol. The van der Waals surface area contributed by atoms with Gasteiger partial charge in [0.15, 0.2) is 0 Å². The average molecular weight is 300 g/mol. The SMILES string of the molecule is CCCNc1nc(NC(CO)(CO)CO)nc(N(C)C)n1. The first kappa shape index (κ1) is 17.3. The van der Waals surface area contributed by atoms with Gasteiger partial charge >= 0.3 is 0 Å². The zero-order valence-corrected chi connectivity index (χ0v) is 12.7. The van der Waals surface area contributed by atoms with Crippen molar-refractivity contribution in [1.29, 1.82) is 0 Å². The number of aliphatic hydroxyl groups excluding tert-OH is 3. The van der Waals surface area contributed by atoms with Crippen molar-refractivity contribution in [3.63, 3.8) is 0 Å². The molecule has 120 valence electrons. The van der Waals surface area contributed by atoms with Gasteiger partial charge in [-0.2, -0.15) is 15.0 Å². The van der Waals surface area contributed by atoms with Gasteiger partial charge in [-0.15, -0.1) is 0 Å². The van der Waals surface area contributed by atoms with E-state index in [1.807, 2.05) is 6.92 Å². The minimum atomic E-state index is -1.28. The molecule has 0 radical (unpaired) electrons. The molecule has 0 saturated heterocycles. The molecule has 9 nitrogen and oxygen atoms in total. The van der Waals surface area contributed by atoms with Crippen LogP contribution in [0.4, 0.5) is 17.8 Å². The van der Waals surface area contributed by atoms with Gasteiger partial charge in [-0.25, -0.2) is 0 Å². The van der Waals surface area contributed by atoms with E-state index in [-0.39, 0.29) is 5.95 Å². The Kier molecular flexibility index (Phi) is 6.53. The standard InChI is InChI=1S/C12H24N6O3/c1-4-5-13-9-14-10(16-11(15-9)18(2)3)17-12(6-19,7-20)8-21/h19-21H,4-8H2,1-3H3,(H2,13,14,15,16,17). The summed E-state index contributed by atoms with van der Waals surface area (Å²) in [4.78, 5) is 14.3. The predicted molar refractivity (Wildman–Crippen MR) is 80.5 cm³/mol. The fourth-order valence-corrected chi connectivity index (χ4v) is 1.44. The third-order valence-corrected chi connectivity index (χ3v) is 2.84. The summed E-state index contributed by atoms with van der Waals surface area (Å²) in [5.74, 6) is 0.985. The van der Waals surface area contributed by atoms with Crippen LogP contribution in [0.1, 0.15) is 13.3 Å². The number of hydrogen-bond acceptors (Lipinski definition) is 9. The Balaban J connectivity index is 3.06. The number of aliphatic hydroxyl groups is 3. The van der Waals surface area contributed by atoms with Crippen molar-refractivity contribution in [1.82, 2.24) is 15.0 Å². The van der Waals surface area contributed by atoms with Crippen molar-refractivity contribution >= 4 is 17.8 Å². The summed E-state index contributed by atoms with van der Waals surface area (Å²) in [5.41, 5.74) is -1.28. The van der Waals surface area contributed by atoms with Crippen molar-refractivity contribution in [2.45, 2.75) is 18.9 Å². The van der Waals surface area contributed by atoms with Crippen LogP contribution in [0.25, 0.3) is 0 Å². The van der Waals surface area contributed by atoms with E-state index >= 15 is 0 Å². The number of nitrogens with zero attached hydrogens (tertiary/aromatic N) is 4. The van der Waals surface area contributed by atoms with Crippen LogP contribution in [0.3, 0.4) is 0 Å². The zero-order valence-electron chi connectivity index (χ0n) is 12.7. The second kappa shape index (κ2) is 7.91. The normalized spacial score (nSPS) is 11.3. The summed E-state index contributed by atoms with van der Waals surface area (Å²) in [6.07, 6.45) is 0.916. The third kappa shape index (κ3) is 4.66. The van der Waals surface area contributed by atoms with Crippen molar-refractivity contribution in [2.24, 2.45) is 0 Å². The number of rotatable bonds is 9. The Morgan fingerprint density at radius 2 is 1.57 bits per heavy atom. The van der Waals surface area contributed by atoms with Crippen LogP contribution >= 0.6 is 0 Å². The fraction of sp³-hybridized carbons (Fsp3) is 0.750. The van der Waals surface area contributed by atoms with Gasteiger partial charge in [-0.05, 0) is 6.42 Å². The highest BCUT2D eigenvalue weighted by atomic mass is 16.3. The first-order valence-electron chi connectivity index (χ1n) is 6.78. The Hall–Kier alpha value is -1.71. The maximum Gasteiger partial charge on any atom is 0.231 e. The van der Waals surface area contributed by atoms with Crippen LogP contribution in [0.5, 0.6) is 0 Å². The molecule has 0 aliphatic heterocycles. The Morgan fingerprint density at radius 1 is 1.00 bits per heavy atom. The van der Waals surface area contributed by atoms with E-state index in [1.165, 1.54) is 0 Å². The largest absolute Gasteiger partial charge is 0.394 e. The summed E-state index contributed by atoms with van der Waals surface area (Å²) < 4.78 is 0. The van der Waals surface area contributed by atoms with Gasteiger partial charge in [0.05, 0.1) is 19.8 Å². The van der Waals surface area contributed by atoms with Crippen molar-refractivity contribution < 1.29 is 15.3 Å². The van der Waals surface area contributed by atoms with Gasteiger partial charge in [-0.1, -0.05) is 6.92 Å². The van der Waals surface area contributed by atoms with E-state index < -0.39 is 25.4 Å². The zero-order chi connectivity index (χ0) is 15.9. The molecule has 0 bridgehead atoms. The van der Waals surface area contributed by atoms with Gasteiger partial charge < -0.3 is 30.9 Å². The molecule has 0 atom stereocenters. The van der Waals surface area contributed by atoms with Crippen LogP contribution in [0, 0.1) is 0 Å². The lowest BCUT2D eigenvalue weighted by molar-refractivity contribution is 0.0828. The van der Waals surface area contributed by atoms with E-state index in [9.17, 15) is 15.3 Å². The van der Waals surface area contributed by atoms with Crippen LogP contribution < -0.4 is 15.5 Å². The van der Waals surface area contributed by atoms with Gasteiger partial charge in [0.2, 0.25) is 17.8 Å². The maximum atomic E-state index is 9.35. The number of anilines is 3. The molecule has 21 heavy (non-hydrogen) atoms. The molecule has 0 aliphatic rings. The van der Waals surface area contributed by atoms with Crippen LogP contribution in [0.15, 0.2) is 0 Å². The molecule has 1 aromatic rings. The van der Waals surface area contributed by atoms with Crippen molar-refractivity contribution in [2.75, 3.05) is 56.0 Å².